The van der Waals surface area contributed by atoms with Gasteiger partial charge in [0.15, 0.2) is 0 Å². The SMILES string of the molecule is CCOc1ncccc1NCc1ccc(C#N)s1. The fourth-order valence-corrected chi connectivity index (χ4v) is 2.24. The lowest BCUT2D eigenvalue weighted by atomic mass is 10.3. The Morgan fingerprint density at radius 3 is 3.06 bits per heavy atom. The van der Waals surface area contributed by atoms with E-state index in [1.165, 1.54) is 11.3 Å². The molecule has 0 spiro atoms. The van der Waals surface area contributed by atoms with E-state index in [0.29, 0.717) is 19.0 Å². The van der Waals surface area contributed by atoms with Crippen molar-refractivity contribution < 1.29 is 4.74 Å². The summed E-state index contributed by atoms with van der Waals surface area (Å²) in [4.78, 5) is 6.00. The number of nitrogens with one attached hydrogen (secondary N) is 1. The smallest absolute Gasteiger partial charge is 0.237 e. The van der Waals surface area contributed by atoms with Gasteiger partial charge in [0.2, 0.25) is 5.88 Å². The van der Waals surface area contributed by atoms with E-state index in [0.717, 1.165) is 15.4 Å². The van der Waals surface area contributed by atoms with Crippen molar-refractivity contribution >= 4 is 17.0 Å². The first-order chi connectivity index (χ1) is 8.83. The van der Waals surface area contributed by atoms with Crippen molar-refractivity contribution in [2.24, 2.45) is 0 Å². The lowest BCUT2D eigenvalue weighted by Gasteiger charge is -2.09. The third-order valence-corrected chi connectivity index (χ3v) is 3.27. The topological polar surface area (TPSA) is 57.9 Å². The van der Waals surface area contributed by atoms with Crippen LogP contribution in [-0.2, 0) is 6.54 Å². The quantitative estimate of drug-likeness (QED) is 0.896. The first kappa shape index (κ1) is 12.4. The van der Waals surface area contributed by atoms with Crippen LogP contribution < -0.4 is 10.1 Å². The molecule has 1 N–H and O–H groups in total. The molecule has 5 heteroatoms. The summed E-state index contributed by atoms with van der Waals surface area (Å²) in [5.74, 6) is 0.608. The van der Waals surface area contributed by atoms with Crippen molar-refractivity contribution in [3.05, 3.63) is 40.2 Å². The molecule has 0 aromatic carbocycles. The molecule has 0 atom stereocenters. The molecular formula is C13H13N3OS. The Bertz CT molecular complexity index is 559. The van der Waals surface area contributed by atoms with Crippen LogP contribution in [0.2, 0.25) is 0 Å². The predicted octanol–water partition coefficient (Wildman–Crippen LogP) is 3.03. The van der Waals surface area contributed by atoms with E-state index in [2.05, 4.69) is 16.4 Å². The lowest BCUT2D eigenvalue weighted by molar-refractivity contribution is 0.328. The van der Waals surface area contributed by atoms with Crippen molar-refractivity contribution in [3.63, 3.8) is 0 Å². The number of thiophene rings is 1. The molecule has 4 nitrogen and oxygen atoms in total. The second-order valence-corrected chi connectivity index (χ2v) is 4.69. The van der Waals surface area contributed by atoms with Crippen LogP contribution in [0.25, 0.3) is 0 Å². The average Bonchev–Trinajstić information content (AvgIpc) is 2.86. The molecule has 18 heavy (non-hydrogen) atoms. The van der Waals surface area contributed by atoms with E-state index in [1.54, 1.807) is 6.20 Å². The number of aromatic nitrogens is 1. The highest BCUT2D eigenvalue weighted by Crippen LogP contribution is 2.23. The number of hydrogen-bond donors (Lipinski definition) is 1. The van der Waals surface area contributed by atoms with Gasteiger partial charge in [-0.3, -0.25) is 0 Å². The van der Waals surface area contributed by atoms with Crippen molar-refractivity contribution in [1.29, 1.82) is 5.26 Å². The number of pyridine rings is 1. The highest BCUT2D eigenvalue weighted by Gasteiger charge is 2.04. The minimum atomic E-state index is 0.587. The van der Waals surface area contributed by atoms with Crippen molar-refractivity contribution in [1.82, 2.24) is 4.98 Å². The molecule has 2 aromatic heterocycles. The van der Waals surface area contributed by atoms with Gasteiger partial charge in [-0.2, -0.15) is 5.26 Å². The number of nitrogens with zero attached hydrogens (tertiary/aromatic N) is 2. The van der Waals surface area contributed by atoms with Gasteiger partial charge in [0, 0.05) is 17.6 Å². The van der Waals surface area contributed by atoms with Crippen molar-refractivity contribution in [2.75, 3.05) is 11.9 Å². The molecule has 0 aliphatic carbocycles. The van der Waals surface area contributed by atoms with E-state index in [4.69, 9.17) is 10.00 Å². The minimum absolute atomic E-state index is 0.587. The molecule has 0 amide bonds. The van der Waals surface area contributed by atoms with E-state index < -0.39 is 0 Å². The first-order valence-corrected chi connectivity index (χ1v) is 6.45. The Labute approximate surface area is 110 Å². The summed E-state index contributed by atoms with van der Waals surface area (Å²) in [5, 5.41) is 12.0. The van der Waals surface area contributed by atoms with Crippen LogP contribution in [0.4, 0.5) is 5.69 Å². The zero-order valence-corrected chi connectivity index (χ0v) is 10.8. The maximum Gasteiger partial charge on any atom is 0.237 e. The second kappa shape index (κ2) is 6.03. The minimum Gasteiger partial charge on any atom is -0.476 e. The number of hydrogen-bond acceptors (Lipinski definition) is 5. The Hall–Kier alpha value is -2.06. The zero-order valence-electron chi connectivity index (χ0n) is 10.0. The molecule has 0 bridgehead atoms. The van der Waals surface area contributed by atoms with Crippen LogP contribution in [-0.4, -0.2) is 11.6 Å². The third-order valence-electron chi connectivity index (χ3n) is 2.28. The Morgan fingerprint density at radius 1 is 1.44 bits per heavy atom. The second-order valence-electron chi connectivity index (χ2n) is 3.52. The maximum atomic E-state index is 8.76. The standard InChI is InChI=1S/C13H13N3OS/c1-2-17-13-12(4-3-7-15-13)16-9-11-6-5-10(8-14)18-11/h3-7,16H,2,9H2,1H3. The summed E-state index contributed by atoms with van der Waals surface area (Å²) in [6.07, 6.45) is 1.70. The Kier molecular flexibility index (Phi) is 4.15. The fourth-order valence-electron chi connectivity index (χ4n) is 1.49. The molecule has 2 rings (SSSR count). The van der Waals surface area contributed by atoms with Gasteiger partial charge >= 0.3 is 0 Å². The maximum absolute atomic E-state index is 8.76. The first-order valence-electron chi connectivity index (χ1n) is 5.64. The van der Waals surface area contributed by atoms with Gasteiger partial charge in [-0.15, -0.1) is 11.3 Å². The van der Waals surface area contributed by atoms with Crippen LogP contribution in [0.1, 0.15) is 16.7 Å². The van der Waals surface area contributed by atoms with Gasteiger partial charge in [0.05, 0.1) is 12.3 Å². The highest BCUT2D eigenvalue weighted by atomic mass is 32.1. The highest BCUT2D eigenvalue weighted by molar-refractivity contribution is 7.12. The predicted molar refractivity (Wildman–Crippen MR) is 71.8 cm³/mol. The van der Waals surface area contributed by atoms with Gasteiger partial charge in [-0.25, -0.2) is 4.98 Å². The van der Waals surface area contributed by atoms with Gasteiger partial charge in [0.25, 0.3) is 0 Å². The average molecular weight is 259 g/mol. The van der Waals surface area contributed by atoms with Crippen LogP contribution in [0.5, 0.6) is 5.88 Å². The zero-order chi connectivity index (χ0) is 12.8. The number of ether oxygens (including phenoxy) is 1. The molecule has 0 aliphatic rings. The third kappa shape index (κ3) is 2.99. The monoisotopic (exact) mass is 259 g/mol. The summed E-state index contributed by atoms with van der Waals surface area (Å²) in [6.45, 7) is 3.18. The normalized spacial score (nSPS) is 9.78. The molecule has 0 radical (unpaired) electrons. The summed E-state index contributed by atoms with van der Waals surface area (Å²) < 4.78 is 5.43. The van der Waals surface area contributed by atoms with Gasteiger partial charge < -0.3 is 10.1 Å². The van der Waals surface area contributed by atoms with Crippen LogP contribution in [0, 0.1) is 11.3 Å². The lowest BCUT2D eigenvalue weighted by Crippen LogP contribution is -2.02. The fraction of sp³-hybridized carbons (Fsp3) is 0.231. The Morgan fingerprint density at radius 2 is 2.33 bits per heavy atom. The van der Waals surface area contributed by atoms with Crippen molar-refractivity contribution in [3.8, 4) is 11.9 Å². The van der Waals surface area contributed by atoms with Crippen molar-refractivity contribution in [2.45, 2.75) is 13.5 Å². The van der Waals surface area contributed by atoms with Crippen LogP contribution >= 0.6 is 11.3 Å². The van der Waals surface area contributed by atoms with E-state index in [1.807, 2.05) is 31.2 Å². The van der Waals surface area contributed by atoms with E-state index in [9.17, 15) is 0 Å². The van der Waals surface area contributed by atoms with E-state index in [-0.39, 0.29) is 0 Å². The summed E-state index contributed by atoms with van der Waals surface area (Å²) in [6, 6.07) is 9.70. The molecular weight excluding hydrogens is 246 g/mol. The molecule has 0 saturated heterocycles. The molecule has 92 valence electrons. The van der Waals surface area contributed by atoms with Gasteiger partial charge in [-0.1, -0.05) is 0 Å². The molecule has 0 unspecified atom stereocenters. The molecule has 0 aliphatic heterocycles. The molecule has 2 heterocycles. The number of anilines is 1. The van der Waals surface area contributed by atoms with E-state index >= 15 is 0 Å². The number of nitriles is 1. The summed E-state index contributed by atoms with van der Waals surface area (Å²) in [5.41, 5.74) is 0.867. The van der Waals surface area contributed by atoms with Crippen LogP contribution in [0.15, 0.2) is 30.5 Å². The molecule has 0 fully saturated rings. The largest absolute Gasteiger partial charge is 0.476 e. The van der Waals surface area contributed by atoms with Crippen LogP contribution in [0.3, 0.4) is 0 Å². The molecule has 2 aromatic rings. The summed E-state index contributed by atoms with van der Waals surface area (Å²) in [7, 11) is 0. The number of rotatable bonds is 5. The molecule has 0 saturated carbocycles. The Balaban J connectivity index is 2.03. The van der Waals surface area contributed by atoms with Gasteiger partial charge in [-0.05, 0) is 31.2 Å². The van der Waals surface area contributed by atoms with Gasteiger partial charge in [0.1, 0.15) is 10.9 Å². The summed E-state index contributed by atoms with van der Waals surface area (Å²) >= 11 is 1.49.